The number of aromatic carboxylic acids is 1. The summed E-state index contributed by atoms with van der Waals surface area (Å²) in [6.07, 6.45) is 1.01. The Morgan fingerprint density at radius 2 is 1.60 bits per heavy atom. The lowest BCUT2D eigenvalue weighted by molar-refractivity contribution is 0.0695. The number of fused-ring (bicyclic) bond motifs is 1. The number of carboxylic acid groups (broad SMARTS) is 1. The zero-order chi connectivity index (χ0) is 21.4. The largest absolute Gasteiger partial charge is 0.477 e. The molecule has 0 saturated carbocycles. The topological polar surface area (TPSA) is 59.3 Å². The minimum atomic E-state index is -1.53. The lowest BCUT2D eigenvalue weighted by Crippen LogP contribution is -2.21. The standard InChI is InChI=1S/C23H14F3NO3/c24-16-3-1-2-15(10-16)14-6-4-13(5-7-14)11-27-12-17(23(29)30)22(28)20-18(25)8-9-19(26)21(20)27/h1-10,12H,11H2,(H,29,30). The number of pyridine rings is 1. The van der Waals surface area contributed by atoms with Gasteiger partial charge in [0.2, 0.25) is 5.43 Å². The molecule has 0 spiro atoms. The fourth-order valence-electron chi connectivity index (χ4n) is 3.40. The summed E-state index contributed by atoms with van der Waals surface area (Å²) in [7, 11) is 0. The van der Waals surface area contributed by atoms with Gasteiger partial charge in [0, 0.05) is 12.7 Å². The highest BCUT2D eigenvalue weighted by atomic mass is 19.1. The second kappa shape index (κ2) is 7.51. The lowest BCUT2D eigenvalue weighted by atomic mass is 10.0. The Morgan fingerprint density at radius 3 is 2.27 bits per heavy atom. The maximum atomic E-state index is 14.5. The molecular formula is C23H14F3NO3. The number of carbonyl (C=O) groups is 1. The van der Waals surface area contributed by atoms with E-state index in [9.17, 15) is 27.9 Å². The highest BCUT2D eigenvalue weighted by molar-refractivity contribution is 5.93. The Kier molecular flexibility index (Phi) is 4.87. The van der Waals surface area contributed by atoms with Crippen molar-refractivity contribution in [2.75, 3.05) is 0 Å². The zero-order valence-corrected chi connectivity index (χ0v) is 15.4. The van der Waals surface area contributed by atoms with Gasteiger partial charge in [0.15, 0.2) is 0 Å². The van der Waals surface area contributed by atoms with Crippen LogP contribution in [-0.2, 0) is 6.54 Å². The van der Waals surface area contributed by atoms with Gasteiger partial charge in [0.05, 0.1) is 10.9 Å². The second-order valence-corrected chi connectivity index (χ2v) is 6.77. The van der Waals surface area contributed by atoms with Crippen LogP contribution in [0, 0.1) is 17.5 Å². The molecule has 0 unspecified atom stereocenters. The van der Waals surface area contributed by atoms with Crippen LogP contribution in [0.2, 0.25) is 0 Å². The van der Waals surface area contributed by atoms with E-state index < -0.39 is 34.0 Å². The van der Waals surface area contributed by atoms with Crippen LogP contribution in [0.15, 0.2) is 71.7 Å². The summed E-state index contributed by atoms with van der Waals surface area (Å²) in [6, 6.07) is 14.7. The molecule has 150 valence electrons. The Morgan fingerprint density at radius 1 is 0.900 bits per heavy atom. The summed E-state index contributed by atoms with van der Waals surface area (Å²) in [6.45, 7) is 0.000857. The molecule has 3 aromatic carbocycles. The Hall–Kier alpha value is -3.87. The van der Waals surface area contributed by atoms with E-state index in [1.807, 2.05) is 0 Å². The molecule has 1 N–H and O–H groups in total. The summed E-state index contributed by atoms with van der Waals surface area (Å²) >= 11 is 0. The molecule has 0 fully saturated rings. The number of aromatic nitrogens is 1. The minimum absolute atomic E-state index is 0.000857. The average molecular weight is 409 g/mol. The monoisotopic (exact) mass is 409 g/mol. The van der Waals surface area contributed by atoms with Crippen LogP contribution < -0.4 is 5.43 Å². The molecule has 7 heteroatoms. The van der Waals surface area contributed by atoms with Gasteiger partial charge in [-0.2, -0.15) is 0 Å². The Balaban J connectivity index is 1.80. The summed E-state index contributed by atoms with van der Waals surface area (Å²) in [5, 5.41) is 8.70. The average Bonchev–Trinajstić information content (AvgIpc) is 2.72. The van der Waals surface area contributed by atoms with Gasteiger partial charge in [-0.1, -0.05) is 36.4 Å². The van der Waals surface area contributed by atoms with E-state index in [0.717, 1.165) is 23.9 Å². The normalized spacial score (nSPS) is 11.0. The van der Waals surface area contributed by atoms with Gasteiger partial charge < -0.3 is 9.67 Å². The molecule has 4 nitrogen and oxygen atoms in total. The first-order valence-electron chi connectivity index (χ1n) is 8.94. The molecule has 1 aromatic heterocycles. The summed E-state index contributed by atoms with van der Waals surface area (Å²) < 4.78 is 43.4. The van der Waals surface area contributed by atoms with Crippen molar-refractivity contribution in [2.45, 2.75) is 6.54 Å². The number of carboxylic acids is 1. The van der Waals surface area contributed by atoms with Crippen molar-refractivity contribution in [3.8, 4) is 11.1 Å². The minimum Gasteiger partial charge on any atom is -0.477 e. The summed E-state index contributed by atoms with van der Waals surface area (Å²) in [5.74, 6) is -3.72. The molecule has 0 aliphatic carbocycles. The fourth-order valence-corrected chi connectivity index (χ4v) is 3.40. The molecule has 0 bridgehead atoms. The predicted octanol–water partition coefficient (Wildman–Crippen LogP) is 4.83. The van der Waals surface area contributed by atoms with Crippen LogP contribution in [0.3, 0.4) is 0 Å². The van der Waals surface area contributed by atoms with Gasteiger partial charge in [-0.3, -0.25) is 4.79 Å². The van der Waals surface area contributed by atoms with Crippen LogP contribution in [0.5, 0.6) is 0 Å². The van der Waals surface area contributed by atoms with E-state index in [2.05, 4.69) is 0 Å². The number of nitrogens with zero attached hydrogens (tertiary/aromatic N) is 1. The van der Waals surface area contributed by atoms with E-state index in [0.29, 0.717) is 11.1 Å². The number of hydrogen-bond acceptors (Lipinski definition) is 2. The first-order chi connectivity index (χ1) is 14.3. The van der Waals surface area contributed by atoms with Crippen molar-refractivity contribution >= 4 is 16.9 Å². The van der Waals surface area contributed by atoms with E-state index in [1.165, 1.54) is 16.7 Å². The number of halogens is 3. The van der Waals surface area contributed by atoms with Crippen LogP contribution in [-0.4, -0.2) is 15.6 Å². The summed E-state index contributed by atoms with van der Waals surface area (Å²) in [5.41, 5.74) is 0.0537. The van der Waals surface area contributed by atoms with Crippen molar-refractivity contribution in [2.24, 2.45) is 0 Å². The molecule has 0 saturated heterocycles. The van der Waals surface area contributed by atoms with Gasteiger partial charge in [0.1, 0.15) is 23.0 Å². The molecule has 4 aromatic rings. The van der Waals surface area contributed by atoms with Crippen LogP contribution in [0.1, 0.15) is 15.9 Å². The van der Waals surface area contributed by atoms with Crippen molar-refractivity contribution in [1.29, 1.82) is 0 Å². The molecule has 4 rings (SSSR count). The number of benzene rings is 3. The molecule has 0 aliphatic rings. The molecule has 1 heterocycles. The molecule has 30 heavy (non-hydrogen) atoms. The SMILES string of the molecule is O=C(O)c1cn(Cc2ccc(-c3cccc(F)c3)cc2)c2c(F)ccc(F)c2c1=O. The highest BCUT2D eigenvalue weighted by Gasteiger charge is 2.20. The first kappa shape index (κ1) is 19.4. The predicted molar refractivity (Wildman–Crippen MR) is 106 cm³/mol. The van der Waals surface area contributed by atoms with Crippen molar-refractivity contribution in [1.82, 2.24) is 4.57 Å². The Labute approximate surface area is 168 Å². The Bertz CT molecular complexity index is 1340. The highest BCUT2D eigenvalue weighted by Crippen LogP contribution is 2.23. The van der Waals surface area contributed by atoms with Gasteiger partial charge in [0.25, 0.3) is 0 Å². The van der Waals surface area contributed by atoms with E-state index >= 15 is 0 Å². The molecule has 0 radical (unpaired) electrons. The van der Waals surface area contributed by atoms with Gasteiger partial charge >= 0.3 is 5.97 Å². The molecule has 0 atom stereocenters. The molecular weight excluding hydrogens is 395 g/mol. The van der Waals surface area contributed by atoms with Gasteiger partial charge in [-0.05, 0) is 41.0 Å². The third-order valence-electron chi connectivity index (χ3n) is 4.82. The second-order valence-electron chi connectivity index (χ2n) is 6.77. The van der Waals surface area contributed by atoms with E-state index in [4.69, 9.17) is 0 Å². The molecule has 0 aliphatic heterocycles. The van der Waals surface area contributed by atoms with Crippen LogP contribution >= 0.6 is 0 Å². The lowest BCUT2D eigenvalue weighted by Gasteiger charge is -2.14. The fraction of sp³-hybridized carbons (Fsp3) is 0.0435. The maximum absolute atomic E-state index is 14.5. The molecule has 0 amide bonds. The van der Waals surface area contributed by atoms with Crippen LogP contribution in [0.25, 0.3) is 22.0 Å². The zero-order valence-electron chi connectivity index (χ0n) is 15.4. The first-order valence-corrected chi connectivity index (χ1v) is 8.94. The van der Waals surface area contributed by atoms with Crippen molar-refractivity contribution in [3.05, 3.63) is 106 Å². The van der Waals surface area contributed by atoms with E-state index in [-0.39, 0.29) is 17.9 Å². The third-order valence-corrected chi connectivity index (χ3v) is 4.82. The summed E-state index contributed by atoms with van der Waals surface area (Å²) in [4.78, 5) is 23.8. The third kappa shape index (κ3) is 3.45. The van der Waals surface area contributed by atoms with Crippen LogP contribution in [0.4, 0.5) is 13.2 Å². The van der Waals surface area contributed by atoms with Gasteiger partial charge in [-0.15, -0.1) is 0 Å². The van der Waals surface area contributed by atoms with Crippen molar-refractivity contribution < 1.29 is 23.1 Å². The van der Waals surface area contributed by atoms with E-state index in [1.54, 1.807) is 36.4 Å². The quantitative estimate of drug-likeness (QED) is 0.525. The van der Waals surface area contributed by atoms with Crippen molar-refractivity contribution in [3.63, 3.8) is 0 Å². The number of rotatable bonds is 4. The smallest absolute Gasteiger partial charge is 0.341 e. The number of hydrogen-bond donors (Lipinski definition) is 1. The van der Waals surface area contributed by atoms with Gasteiger partial charge in [-0.25, -0.2) is 18.0 Å². The maximum Gasteiger partial charge on any atom is 0.341 e.